The molecule has 192 valence electrons. The van der Waals surface area contributed by atoms with Crippen LogP contribution in [0.4, 0.5) is 4.39 Å². The fraction of sp³-hybridized carbons (Fsp3) is 0.538. The molecule has 7 nitrogen and oxygen atoms in total. The summed E-state index contributed by atoms with van der Waals surface area (Å²) >= 11 is 1.76. The molecule has 0 bridgehead atoms. The predicted octanol–water partition coefficient (Wildman–Crippen LogP) is 4.90. The van der Waals surface area contributed by atoms with E-state index in [4.69, 9.17) is 9.57 Å². The molecule has 0 radical (unpaired) electrons. The average molecular weight is 507 g/mol. The molecule has 1 aliphatic heterocycles. The van der Waals surface area contributed by atoms with Gasteiger partial charge in [0.15, 0.2) is 11.6 Å². The van der Waals surface area contributed by atoms with Gasteiger partial charge in [0.05, 0.1) is 30.5 Å². The van der Waals surface area contributed by atoms with E-state index in [0.717, 1.165) is 18.2 Å². The van der Waals surface area contributed by atoms with Crippen LogP contribution in [0.2, 0.25) is 0 Å². The van der Waals surface area contributed by atoms with Gasteiger partial charge < -0.3 is 14.5 Å². The summed E-state index contributed by atoms with van der Waals surface area (Å²) in [5, 5.41) is 4.04. The molecule has 0 fully saturated rings. The molecule has 1 heterocycles. The van der Waals surface area contributed by atoms with E-state index in [9.17, 15) is 18.8 Å². The van der Waals surface area contributed by atoms with Gasteiger partial charge in [0.25, 0.3) is 0 Å². The first kappa shape index (κ1) is 28.6. The number of halogens is 1. The maximum atomic E-state index is 13.8. The Morgan fingerprint density at radius 2 is 1.94 bits per heavy atom. The molecule has 1 amide bonds. The number of ether oxygens (including phenoxy) is 1. The van der Waals surface area contributed by atoms with Crippen molar-refractivity contribution < 1.29 is 28.3 Å². The van der Waals surface area contributed by atoms with Crippen LogP contribution in [-0.2, 0) is 14.4 Å². The average Bonchev–Trinajstić information content (AvgIpc) is 2.82. The number of hydrogen-bond donors (Lipinski definition) is 0. The summed E-state index contributed by atoms with van der Waals surface area (Å²) in [7, 11) is 1.38. The number of hydrogen-bond acceptors (Lipinski definition) is 7. The number of rotatable bonds is 13. The third-order valence-corrected chi connectivity index (χ3v) is 6.42. The predicted molar refractivity (Wildman–Crippen MR) is 136 cm³/mol. The number of Topliss-reactive ketones (excluding diaryl/α,β-unsaturated/α-hetero) is 2. The largest absolute Gasteiger partial charge is 0.496 e. The summed E-state index contributed by atoms with van der Waals surface area (Å²) < 4.78 is 19.0. The number of nitrogens with zero attached hydrogens (tertiary/aromatic N) is 2. The lowest BCUT2D eigenvalue weighted by molar-refractivity contribution is -0.139. The van der Waals surface area contributed by atoms with Crippen molar-refractivity contribution in [3.8, 4) is 5.75 Å². The SMILES string of the molecule is COc1ccc(F)cc1C(=O)CN1C=C(/C(C)=N/OC(C)C)C(=O)C(CC[C@@H](C)CCSC)C1=O. The number of amides is 1. The third kappa shape index (κ3) is 7.92. The van der Waals surface area contributed by atoms with Gasteiger partial charge in [0.2, 0.25) is 5.91 Å². The van der Waals surface area contributed by atoms with Gasteiger partial charge >= 0.3 is 0 Å². The first-order valence-electron chi connectivity index (χ1n) is 11.7. The molecule has 1 aromatic rings. The molecule has 0 N–H and O–H groups in total. The number of oxime groups is 1. The van der Waals surface area contributed by atoms with Crippen molar-refractivity contribution in [1.82, 2.24) is 4.90 Å². The van der Waals surface area contributed by atoms with E-state index in [2.05, 4.69) is 12.1 Å². The van der Waals surface area contributed by atoms with Crippen molar-refractivity contribution in [3.63, 3.8) is 0 Å². The molecule has 1 unspecified atom stereocenters. The second kappa shape index (κ2) is 13.4. The molecule has 9 heteroatoms. The molecule has 0 spiro atoms. The second-order valence-corrected chi connectivity index (χ2v) is 9.97. The minimum Gasteiger partial charge on any atom is -0.496 e. The molecule has 0 aliphatic carbocycles. The van der Waals surface area contributed by atoms with Crippen LogP contribution in [0.5, 0.6) is 5.75 Å². The summed E-state index contributed by atoms with van der Waals surface area (Å²) in [6.45, 7) is 7.01. The van der Waals surface area contributed by atoms with Crippen molar-refractivity contribution in [1.29, 1.82) is 0 Å². The van der Waals surface area contributed by atoms with Gasteiger partial charge in [0, 0.05) is 6.20 Å². The number of carbonyl (C=O) groups excluding carboxylic acids is 3. The number of allylic oxidation sites excluding steroid dienone is 1. The minimum absolute atomic E-state index is 0.0305. The molecular weight excluding hydrogens is 471 g/mol. The van der Waals surface area contributed by atoms with Gasteiger partial charge in [-0.3, -0.25) is 14.4 Å². The van der Waals surface area contributed by atoms with E-state index in [1.807, 2.05) is 20.1 Å². The first-order chi connectivity index (χ1) is 16.6. The molecule has 0 saturated carbocycles. The zero-order valence-corrected chi connectivity index (χ0v) is 22.1. The zero-order valence-electron chi connectivity index (χ0n) is 21.3. The van der Waals surface area contributed by atoms with E-state index in [1.54, 1.807) is 18.7 Å². The summed E-state index contributed by atoms with van der Waals surface area (Å²) in [5.41, 5.74) is 0.589. The standard InChI is InChI=1S/C26H35FN2O5S/c1-16(2)34-28-18(4)22-14-29(15-23(30)21-13-19(27)8-10-24(21)33-5)26(32)20(25(22)31)9-7-17(3)11-12-35-6/h8,10,13-14,16-17,20H,7,9,11-12,15H2,1-6H3/b28-18+/t17-,20?/m1/s1. The Kier molecular flexibility index (Phi) is 10.9. The Morgan fingerprint density at radius 3 is 2.57 bits per heavy atom. The van der Waals surface area contributed by atoms with Crippen molar-refractivity contribution >= 4 is 34.9 Å². The van der Waals surface area contributed by atoms with Crippen molar-refractivity contribution in [2.45, 2.75) is 53.1 Å². The molecular formula is C26H35FN2O5S. The third-order valence-electron chi connectivity index (χ3n) is 5.78. The highest BCUT2D eigenvalue weighted by molar-refractivity contribution is 7.98. The summed E-state index contributed by atoms with van der Waals surface area (Å²) in [6, 6.07) is 3.64. The van der Waals surface area contributed by atoms with E-state index in [0.29, 0.717) is 24.5 Å². The summed E-state index contributed by atoms with van der Waals surface area (Å²) in [5.74, 6) is -1.21. The molecule has 35 heavy (non-hydrogen) atoms. The number of ketones is 2. The van der Waals surface area contributed by atoms with E-state index >= 15 is 0 Å². The van der Waals surface area contributed by atoms with Crippen LogP contribution in [0.15, 0.2) is 35.1 Å². The lowest BCUT2D eigenvalue weighted by Crippen LogP contribution is -2.45. The summed E-state index contributed by atoms with van der Waals surface area (Å²) in [6.07, 6.45) is 5.28. The van der Waals surface area contributed by atoms with Gasteiger partial charge in [-0.1, -0.05) is 12.1 Å². The van der Waals surface area contributed by atoms with Gasteiger partial charge in [-0.05, 0) is 76.2 Å². The maximum Gasteiger partial charge on any atom is 0.237 e. The van der Waals surface area contributed by atoms with E-state index in [-0.39, 0.29) is 35.3 Å². The summed E-state index contributed by atoms with van der Waals surface area (Å²) in [4.78, 5) is 46.2. The molecule has 1 aliphatic rings. The fourth-order valence-electron chi connectivity index (χ4n) is 3.72. The van der Waals surface area contributed by atoms with Gasteiger partial charge in [-0.25, -0.2) is 4.39 Å². The van der Waals surface area contributed by atoms with Crippen LogP contribution >= 0.6 is 11.8 Å². The van der Waals surface area contributed by atoms with E-state index < -0.39 is 23.4 Å². The number of methoxy groups -OCH3 is 1. The van der Waals surface area contributed by atoms with Crippen molar-refractivity contribution in [2.24, 2.45) is 17.0 Å². The van der Waals surface area contributed by atoms with Gasteiger partial charge in [-0.2, -0.15) is 11.8 Å². The van der Waals surface area contributed by atoms with Crippen LogP contribution in [0.25, 0.3) is 0 Å². The first-order valence-corrected chi connectivity index (χ1v) is 13.1. The maximum absolute atomic E-state index is 13.8. The number of thioether (sulfide) groups is 1. The Balaban J connectivity index is 2.35. The van der Waals surface area contributed by atoms with Crippen molar-refractivity contribution in [2.75, 3.05) is 25.7 Å². The molecule has 0 saturated heterocycles. The molecule has 1 aromatic carbocycles. The lowest BCUT2D eigenvalue weighted by Gasteiger charge is -2.30. The minimum atomic E-state index is -0.918. The molecule has 2 atom stereocenters. The van der Waals surface area contributed by atoms with E-state index in [1.165, 1.54) is 30.3 Å². The van der Waals surface area contributed by atoms with Gasteiger partial charge in [0.1, 0.15) is 23.6 Å². The monoisotopic (exact) mass is 506 g/mol. The quantitative estimate of drug-likeness (QED) is 0.164. The Hall–Kier alpha value is -2.68. The molecule has 0 aromatic heterocycles. The van der Waals surface area contributed by atoms with Gasteiger partial charge in [-0.15, -0.1) is 0 Å². The van der Waals surface area contributed by atoms with Crippen molar-refractivity contribution in [3.05, 3.63) is 41.4 Å². The van der Waals surface area contributed by atoms with Crippen LogP contribution in [0.1, 0.15) is 57.3 Å². The zero-order chi connectivity index (χ0) is 26.1. The topological polar surface area (TPSA) is 85.3 Å². The second-order valence-electron chi connectivity index (χ2n) is 8.99. The highest BCUT2D eigenvalue weighted by Gasteiger charge is 2.38. The van der Waals surface area contributed by atoms with Crippen LogP contribution in [0, 0.1) is 17.7 Å². The highest BCUT2D eigenvalue weighted by Crippen LogP contribution is 2.28. The van der Waals surface area contributed by atoms with Crippen LogP contribution < -0.4 is 4.74 Å². The fourth-order valence-corrected chi connectivity index (χ4v) is 4.36. The molecule has 2 rings (SSSR count). The Bertz CT molecular complexity index is 992. The Labute approximate surface area is 211 Å². The highest BCUT2D eigenvalue weighted by atomic mass is 32.2. The number of carbonyl (C=O) groups is 3. The smallest absolute Gasteiger partial charge is 0.237 e. The lowest BCUT2D eigenvalue weighted by atomic mass is 9.85. The van der Waals surface area contributed by atoms with Crippen LogP contribution in [0.3, 0.4) is 0 Å². The van der Waals surface area contributed by atoms with Crippen LogP contribution in [-0.4, -0.2) is 59.9 Å². The Morgan fingerprint density at radius 1 is 1.23 bits per heavy atom. The number of benzene rings is 1. The normalized spacial score (nSPS) is 17.5.